The van der Waals surface area contributed by atoms with Crippen molar-refractivity contribution in [1.29, 1.82) is 0 Å². The lowest BCUT2D eigenvalue weighted by atomic mass is 9.93. The summed E-state index contributed by atoms with van der Waals surface area (Å²) in [6.45, 7) is 1.80. The van der Waals surface area contributed by atoms with Crippen LogP contribution in [0.25, 0.3) is 0 Å². The smallest absolute Gasteiger partial charge is 0.255 e. The lowest BCUT2D eigenvalue weighted by Gasteiger charge is -2.32. The predicted octanol–water partition coefficient (Wildman–Crippen LogP) is 3.47. The van der Waals surface area contributed by atoms with Crippen LogP contribution in [0.1, 0.15) is 36.0 Å². The molecule has 102 valence electrons. The number of methoxy groups -OCH3 is 1. The van der Waals surface area contributed by atoms with Crippen molar-refractivity contribution < 1.29 is 9.53 Å². The monoisotopic (exact) mass is 323 g/mol. The molecule has 1 amide bonds. The number of hydrogen-bond acceptors (Lipinski definition) is 2. The number of carbonyl (C=O) groups is 1. The first-order valence-corrected chi connectivity index (χ1v) is 7.56. The first-order valence-electron chi connectivity index (χ1n) is 6.76. The predicted molar refractivity (Wildman–Crippen MR) is 77.5 cm³/mol. The van der Waals surface area contributed by atoms with E-state index in [9.17, 15) is 4.79 Å². The number of rotatable bonds is 2. The highest BCUT2D eigenvalue weighted by Crippen LogP contribution is 2.53. The topological polar surface area (TPSA) is 29.5 Å². The van der Waals surface area contributed by atoms with Crippen molar-refractivity contribution in [3.05, 3.63) is 28.2 Å². The number of nitrogens with zero attached hydrogens (tertiary/aromatic N) is 1. The van der Waals surface area contributed by atoms with Gasteiger partial charge in [0.25, 0.3) is 5.91 Å². The Balaban J connectivity index is 1.73. The van der Waals surface area contributed by atoms with Crippen LogP contribution in [-0.4, -0.2) is 31.0 Å². The van der Waals surface area contributed by atoms with Crippen LogP contribution in [-0.2, 0) is 0 Å². The number of amides is 1. The van der Waals surface area contributed by atoms with E-state index in [0.29, 0.717) is 5.41 Å². The zero-order chi connectivity index (χ0) is 13.5. The molecule has 4 heteroatoms. The minimum Gasteiger partial charge on any atom is -0.497 e. The Labute approximate surface area is 122 Å². The Morgan fingerprint density at radius 1 is 1.26 bits per heavy atom. The van der Waals surface area contributed by atoms with Crippen molar-refractivity contribution in [3.63, 3.8) is 0 Å². The van der Waals surface area contributed by atoms with Crippen LogP contribution in [0, 0.1) is 5.41 Å². The van der Waals surface area contributed by atoms with Crippen molar-refractivity contribution in [2.45, 2.75) is 25.7 Å². The van der Waals surface area contributed by atoms with Crippen molar-refractivity contribution >= 4 is 21.8 Å². The quantitative estimate of drug-likeness (QED) is 0.834. The minimum atomic E-state index is 0.130. The molecule has 19 heavy (non-hydrogen) atoms. The highest BCUT2D eigenvalue weighted by atomic mass is 79.9. The third-order valence-corrected chi connectivity index (χ3v) is 5.13. The largest absolute Gasteiger partial charge is 0.497 e. The Hall–Kier alpha value is -1.03. The van der Waals surface area contributed by atoms with Gasteiger partial charge in [0.2, 0.25) is 0 Å². The molecule has 1 saturated carbocycles. The average molecular weight is 324 g/mol. The second-order valence-corrected chi connectivity index (χ2v) is 6.49. The maximum Gasteiger partial charge on any atom is 0.255 e. The number of likely N-dealkylation sites (tertiary alicyclic amines) is 1. The Morgan fingerprint density at radius 3 is 2.47 bits per heavy atom. The summed E-state index contributed by atoms with van der Waals surface area (Å²) in [5.74, 6) is 0.893. The molecule has 2 fully saturated rings. The van der Waals surface area contributed by atoms with E-state index in [1.165, 1.54) is 25.7 Å². The molecule has 0 atom stereocenters. The molecule has 1 aromatic carbocycles. The standard InChI is InChI=1S/C15H18BrNO2/c1-19-11-2-3-12(13(16)10-11)14(18)17-8-6-15(4-5-15)7-9-17/h2-3,10H,4-9H2,1H3. The van der Waals surface area contributed by atoms with Gasteiger partial charge < -0.3 is 9.64 Å². The van der Waals surface area contributed by atoms with Crippen molar-refractivity contribution in [2.24, 2.45) is 5.41 Å². The average Bonchev–Trinajstić information content (AvgIpc) is 3.18. The van der Waals surface area contributed by atoms with Gasteiger partial charge in [-0.15, -0.1) is 0 Å². The van der Waals surface area contributed by atoms with E-state index < -0.39 is 0 Å². The molecule has 3 nitrogen and oxygen atoms in total. The van der Waals surface area contributed by atoms with Crippen LogP contribution in [0.15, 0.2) is 22.7 Å². The molecule has 2 aliphatic rings. The summed E-state index contributed by atoms with van der Waals surface area (Å²) < 4.78 is 5.96. The molecule has 1 aliphatic heterocycles. The number of piperidine rings is 1. The summed E-state index contributed by atoms with van der Waals surface area (Å²) >= 11 is 3.46. The fraction of sp³-hybridized carbons (Fsp3) is 0.533. The van der Waals surface area contributed by atoms with Gasteiger partial charge in [-0.05, 0) is 65.2 Å². The molecule has 0 aromatic heterocycles. The van der Waals surface area contributed by atoms with E-state index in [4.69, 9.17) is 4.74 Å². The summed E-state index contributed by atoms with van der Waals surface area (Å²) in [4.78, 5) is 14.5. The van der Waals surface area contributed by atoms with Crippen LogP contribution in [0.2, 0.25) is 0 Å². The van der Waals surface area contributed by atoms with Gasteiger partial charge in [0, 0.05) is 17.6 Å². The third kappa shape index (κ3) is 2.50. The number of benzene rings is 1. The first kappa shape index (κ1) is 13.0. The van der Waals surface area contributed by atoms with Gasteiger partial charge in [-0.2, -0.15) is 0 Å². The summed E-state index contributed by atoms with van der Waals surface area (Å²) in [6.07, 6.45) is 5.07. The van der Waals surface area contributed by atoms with Crippen molar-refractivity contribution in [1.82, 2.24) is 4.90 Å². The maximum atomic E-state index is 12.5. The van der Waals surface area contributed by atoms with Gasteiger partial charge in [0.05, 0.1) is 12.7 Å². The Morgan fingerprint density at radius 2 is 1.95 bits per heavy atom. The van der Waals surface area contributed by atoms with Gasteiger partial charge in [0.15, 0.2) is 0 Å². The van der Waals surface area contributed by atoms with Crippen molar-refractivity contribution in [3.8, 4) is 5.75 Å². The molecule has 0 N–H and O–H groups in total. The van der Waals surface area contributed by atoms with E-state index >= 15 is 0 Å². The lowest BCUT2D eigenvalue weighted by molar-refractivity contribution is 0.0677. The fourth-order valence-electron chi connectivity index (χ4n) is 2.83. The summed E-state index contributed by atoms with van der Waals surface area (Å²) in [7, 11) is 1.63. The number of hydrogen-bond donors (Lipinski definition) is 0. The van der Waals surface area contributed by atoms with Crippen LogP contribution in [0.3, 0.4) is 0 Å². The van der Waals surface area contributed by atoms with E-state index in [1.807, 2.05) is 23.1 Å². The second-order valence-electron chi connectivity index (χ2n) is 5.64. The van der Waals surface area contributed by atoms with Crippen LogP contribution in [0.5, 0.6) is 5.75 Å². The fourth-order valence-corrected chi connectivity index (χ4v) is 3.35. The molecule has 3 rings (SSSR count). The van der Waals surface area contributed by atoms with E-state index in [2.05, 4.69) is 15.9 Å². The van der Waals surface area contributed by atoms with E-state index in [-0.39, 0.29) is 5.91 Å². The SMILES string of the molecule is COc1ccc(C(=O)N2CCC3(CC2)CC3)c(Br)c1. The van der Waals surface area contributed by atoms with Crippen LogP contribution >= 0.6 is 15.9 Å². The third-order valence-electron chi connectivity index (χ3n) is 4.48. The van der Waals surface area contributed by atoms with Gasteiger partial charge in [-0.25, -0.2) is 0 Å². The molecule has 0 radical (unpaired) electrons. The molecule has 0 unspecified atom stereocenters. The zero-order valence-corrected chi connectivity index (χ0v) is 12.7. The molecular weight excluding hydrogens is 306 g/mol. The van der Waals surface area contributed by atoms with E-state index in [0.717, 1.165) is 28.9 Å². The highest BCUT2D eigenvalue weighted by molar-refractivity contribution is 9.10. The van der Waals surface area contributed by atoms with Gasteiger partial charge in [-0.1, -0.05) is 0 Å². The minimum absolute atomic E-state index is 0.130. The molecule has 1 aromatic rings. The van der Waals surface area contributed by atoms with Gasteiger partial charge in [-0.3, -0.25) is 4.79 Å². The molecule has 1 aliphatic carbocycles. The number of ether oxygens (including phenoxy) is 1. The molecule has 1 saturated heterocycles. The lowest BCUT2D eigenvalue weighted by Crippen LogP contribution is -2.39. The normalized spacial score (nSPS) is 20.4. The summed E-state index contributed by atoms with van der Waals surface area (Å²) in [5.41, 5.74) is 1.33. The van der Waals surface area contributed by atoms with Crippen LogP contribution < -0.4 is 4.74 Å². The maximum absolute atomic E-state index is 12.5. The van der Waals surface area contributed by atoms with Gasteiger partial charge >= 0.3 is 0 Å². The number of halogens is 1. The molecule has 1 spiro atoms. The molecule has 1 heterocycles. The highest BCUT2D eigenvalue weighted by Gasteiger charge is 2.45. The first-order chi connectivity index (χ1) is 9.13. The Bertz CT molecular complexity index is 501. The van der Waals surface area contributed by atoms with Crippen molar-refractivity contribution in [2.75, 3.05) is 20.2 Å². The summed E-state index contributed by atoms with van der Waals surface area (Å²) in [6, 6.07) is 5.52. The van der Waals surface area contributed by atoms with Crippen LogP contribution in [0.4, 0.5) is 0 Å². The zero-order valence-electron chi connectivity index (χ0n) is 11.1. The second kappa shape index (κ2) is 4.82. The molecule has 0 bridgehead atoms. The molecular formula is C15H18BrNO2. The summed E-state index contributed by atoms with van der Waals surface area (Å²) in [5, 5.41) is 0. The van der Waals surface area contributed by atoms with Gasteiger partial charge in [0.1, 0.15) is 5.75 Å². The van der Waals surface area contributed by atoms with E-state index in [1.54, 1.807) is 7.11 Å². The Kier molecular flexibility index (Phi) is 3.29. The number of carbonyl (C=O) groups excluding carboxylic acids is 1.